The summed E-state index contributed by atoms with van der Waals surface area (Å²) in [5.41, 5.74) is 7.28. The lowest BCUT2D eigenvalue weighted by Gasteiger charge is -2.40. The topological polar surface area (TPSA) is 88.9 Å². The van der Waals surface area contributed by atoms with E-state index in [0.29, 0.717) is 12.2 Å². The molecule has 2 rings (SSSR count). The van der Waals surface area contributed by atoms with Gasteiger partial charge in [-0.05, 0) is 20.3 Å². The third kappa shape index (κ3) is 2.45. The van der Waals surface area contributed by atoms with Crippen LogP contribution in [0.4, 0.5) is 5.82 Å². The van der Waals surface area contributed by atoms with Gasteiger partial charge in [-0.2, -0.15) is 5.10 Å². The Morgan fingerprint density at radius 2 is 2.30 bits per heavy atom. The van der Waals surface area contributed by atoms with Crippen LogP contribution in [-0.2, 0) is 11.8 Å². The Kier molecular flexibility index (Phi) is 4.17. The van der Waals surface area contributed by atoms with Crippen LogP contribution in [0, 0.1) is 6.92 Å². The molecule has 0 spiro atoms. The van der Waals surface area contributed by atoms with Gasteiger partial charge in [-0.15, -0.1) is 0 Å². The lowest BCUT2D eigenvalue weighted by molar-refractivity contribution is 0.0293. The van der Waals surface area contributed by atoms with E-state index in [1.165, 1.54) is 0 Å². The minimum Gasteiger partial charge on any atom is -0.409 e. The van der Waals surface area contributed by atoms with Gasteiger partial charge in [0.05, 0.1) is 30.0 Å². The molecule has 3 N–H and O–H groups in total. The molecular formula is C13H23N5O2. The Bertz CT molecular complexity index is 511. The van der Waals surface area contributed by atoms with E-state index in [2.05, 4.69) is 22.1 Å². The van der Waals surface area contributed by atoms with Gasteiger partial charge in [0.25, 0.3) is 0 Å². The van der Waals surface area contributed by atoms with E-state index in [1.807, 2.05) is 20.9 Å². The number of nitrogens with two attached hydrogens (primary N) is 1. The van der Waals surface area contributed by atoms with Crippen molar-refractivity contribution in [2.45, 2.75) is 39.3 Å². The first-order valence-electron chi connectivity index (χ1n) is 6.89. The zero-order valence-electron chi connectivity index (χ0n) is 12.5. The van der Waals surface area contributed by atoms with Crippen molar-refractivity contribution >= 4 is 11.7 Å². The number of aromatic nitrogens is 2. The van der Waals surface area contributed by atoms with Gasteiger partial charge in [-0.25, -0.2) is 0 Å². The van der Waals surface area contributed by atoms with Crippen LogP contribution in [0.25, 0.3) is 0 Å². The minimum absolute atomic E-state index is 0.0968. The van der Waals surface area contributed by atoms with Crippen molar-refractivity contribution in [1.29, 1.82) is 0 Å². The first-order valence-corrected chi connectivity index (χ1v) is 6.89. The van der Waals surface area contributed by atoms with Crippen molar-refractivity contribution in [2.24, 2.45) is 17.9 Å². The molecule has 2 heterocycles. The van der Waals surface area contributed by atoms with Crippen molar-refractivity contribution in [3.63, 3.8) is 0 Å². The van der Waals surface area contributed by atoms with E-state index in [9.17, 15) is 0 Å². The fourth-order valence-corrected chi connectivity index (χ4v) is 2.77. The maximum Gasteiger partial charge on any atom is 0.175 e. The number of oxime groups is 1. The first-order chi connectivity index (χ1) is 9.49. The third-order valence-electron chi connectivity index (χ3n) is 3.77. The Labute approximate surface area is 119 Å². The molecule has 0 saturated carbocycles. The van der Waals surface area contributed by atoms with Crippen molar-refractivity contribution in [2.75, 3.05) is 18.1 Å². The molecule has 1 fully saturated rings. The summed E-state index contributed by atoms with van der Waals surface area (Å²) in [6, 6.07) is 0.270. The zero-order chi connectivity index (χ0) is 14.9. The lowest BCUT2D eigenvalue weighted by Crippen LogP contribution is -2.50. The van der Waals surface area contributed by atoms with Crippen molar-refractivity contribution in [3.8, 4) is 0 Å². The zero-order valence-corrected chi connectivity index (χ0v) is 12.5. The molecule has 7 heteroatoms. The second-order valence-corrected chi connectivity index (χ2v) is 5.25. The molecule has 0 aliphatic carbocycles. The van der Waals surface area contributed by atoms with Gasteiger partial charge in [0, 0.05) is 13.6 Å². The fraction of sp³-hybridized carbons (Fsp3) is 0.692. The molecule has 1 saturated heterocycles. The van der Waals surface area contributed by atoms with Gasteiger partial charge in [0.2, 0.25) is 0 Å². The van der Waals surface area contributed by atoms with Gasteiger partial charge < -0.3 is 20.6 Å². The Morgan fingerprint density at radius 1 is 1.60 bits per heavy atom. The number of rotatable bonds is 3. The number of amidine groups is 1. The summed E-state index contributed by atoms with van der Waals surface area (Å²) in [5.74, 6) is 0.986. The van der Waals surface area contributed by atoms with Gasteiger partial charge >= 0.3 is 0 Å². The van der Waals surface area contributed by atoms with E-state index < -0.39 is 0 Å². The number of hydrogen-bond donors (Lipinski definition) is 2. The smallest absolute Gasteiger partial charge is 0.175 e. The van der Waals surface area contributed by atoms with Crippen LogP contribution in [0.2, 0.25) is 0 Å². The number of nitrogens with zero attached hydrogens (tertiary/aromatic N) is 4. The average Bonchev–Trinajstić information content (AvgIpc) is 2.72. The molecule has 0 bridgehead atoms. The van der Waals surface area contributed by atoms with E-state index in [-0.39, 0.29) is 18.0 Å². The van der Waals surface area contributed by atoms with E-state index in [4.69, 9.17) is 15.7 Å². The molecule has 1 aliphatic heterocycles. The van der Waals surface area contributed by atoms with Gasteiger partial charge in [-0.1, -0.05) is 12.1 Å². The highest BCUT2D eigenvalue weighted by Crippen LogP contribution is 2.28. The number of ether oxygens (including phenoxy) is 1. The molecule has 112 valence electrons. The molecule has 2 atom stereocenters. The lowest BCUT2D eigenvalue weighted by atomic mass is 10.1. The summed E-state index contributed by atoms with van der Waals surface area (Å²) >= 11 is 0. The Hall–Kier alpha value is -1.76. The van der Waals surface area contributed by atoms with Crippen LogP contribution in [0.1, 0.15) is 31.5 Å². The van der Waals surface area contributed by atoms with Crippen molar-refractivity contribution in [3.05, 3.63) is 11.3 Å². The largest absolute Gasteiger partial charge is 0.409 e. The number of hydrogen-bond acceptors (Lipinski definition) is 5. The Morgan fingerprint density at radius 3 is 2.90 bits per heavy atom. The molecule has 20 heavy (non-hydrogen) atoms. The number of aryl methyl sites for hydroxylation is 2. The molecular weight excluding hydrogens is 258 g/mol. The summed E-state index contributed by atoms with van der Waals surface area (Å²) in [7, 11) is 1.88. The third-order valence-corrected chi connectivity index (χ3v) is 3.77. The fourth-order valence-electron chi connectivity index (χ4n) is 2.77. The highest BCUT2D eigenvalue weighted by atomic mass is 16.5. The van der Waals surface area contributed by atoms with Gasteiger partial charge in [0.1, 0.15) is 5.82 Å². The van der Waals surface area contributed by atoms with Crippen LogP contribution >= 0.6 is 0 Å². The number of anilines is 1. The molecule has 7 nitrogen and oxygen atoms in total. The van der Waals surface area contributed by atoms with Crippen LogP contribution < -0.4 is 10.6 Å². The number of morpholine rings is 1. The standard InChI is InChI=1S/C13H23N5O2/c1-5-10-7-20-8(2)6-18(10)13-11(12(14)16-19)9(3)15-17(13)4/h8,10,19H,5-7H2,1-4H3,(H2,14,16). The van der Waals surface area contributed by atoms with Crippen molar-refractivity contribution in [1.82, 2.24) is 9.78 Å². The maximum atomic E-state index is 9.00. The molecule has 2 unspecified atom stereocenters. The summed E-state index contributed by atoms with van der Waals surface area (Å²) in [4.78, 5) is 2.25. The van der Waals surface area contributed by atoms with E-state index >= 15 is 0 Å². The Balaban J connectivity index is 2.49. The quantitative estimate of drug-likeness (QED) is 0.371. The van der Waals surface area contributed by atoms with Gasteiger partial charge in [0.15, 0.2) is 5.84 Å². The second kappa shape index (κ2) is 5.70. The first kappa shape index (κ1) is 14.6. The predicted octanol–water partition coefficient (Wildman–Crippen LogP) is 0.827. The highest BCUT2D eigenvalue weighted by molar-refractivity contribution is 6.02. The summed E-state index contributed by atoms with van der Waals surface area (Å²) in [6.45, 7) is 7.48. The maximum absolute atomic E-state index is 9.00. The summed E-state index contributed by atoms with van der Waals surface area (Å²) in [5, 5.41) is 16.6. The summed E-state index contributed by atoms with van der Waals surface area (Å²) in [6.07, 6.45) is 1.11. The molecule has 1 aromatic rings. The van der Waals surface area contributed by atoms with Crippen LogP contribution in [0.3, 0.4) is 0 Å². The monoisotopic (exact) mass is 281 g/mol. The van der Waals surface area contributed by atoms with Crippen LogP contribution in [-0.4, -0.2) is 46.1 Å². The SMILES string of the molecule is CCC1COC(C)CN1c1c(C(N)=NO)c(C)nn1C. The van der Waals surface area contributed by atoms with E-state index in [0.717, 1.165) is 24.5 Å². The van der Waals surface area contributed by atoms with Crippen LogP contribution in [0.15, 0.2) is 5.16 Å². The summed E-state index contributed by atoms with van der Waals surface area (Å²) < 4.78 is 7.52. The van der Waals surface area contributed by atoms with Crippen molar-refractivity contribution < 1.29 is 9.94 Å². The molecule has 0 radical (unpaired) electrons. The molecule has 0 amide bonds. The molecule has 1 aromatic heterocycles. The minimum atomic E-state index is 0.0968. The predicted molar refractivity (Wildman–Crippen MR) is 77.3 cm³/mol. The normalized spacial score (nSPS) is 24.2. The molecule has 1 aliphatic rings. The highest BCUT2D eigenvalue weighted by Gasteiger charge is 2.31. The van der Waals surface area contributed by atoms with E-state index in [1.54, 1.807) is 4.68 Å². The second-order valence-electron chi connectivity index (χ2n) is 5.25. The van der Waals surface area contributed by atoms with Gasteiger partial charge in [-0.3, -0.25) is 4.68 Å². The van der Waals surface area contributed by atoms with Crippen LogP contribution in [0.5, 0.6) is 0 Å². The average molecular weight is 281 g/mol. The molecule has 0 aromatic carbocycles.